The van der Waals surface area contributed by atoms with Crippen molar-refractivity contribution < 1.29 is 9.59 Å². The molecule has 0 spiro atoms. The van der Waals surface area contributed by atoms with E-state index in [1.807, 2.05) is 67.6 Å². The van der Waals surface area contributed by atoms with Gasteiger partial charge in [0.2, 0.25) is 11.8 Å². The highest BCUT2D eigenvalue weighted by Crippen LogP contribution is 2.28. The van der Waals surface area contributed by atoms with Crippen LogP contribution in [0.25, 0.3) is 5.69 Å². The third-order valence-corrected chi connectivity index (χ3v) is 6.38. The van der Waals surface area contributed by atoms with Gasteiger partial charge >= 0.3 is 0 Å². The third-order valence-electron chi connectivity index (χ3n) is 6.38. The van der Waals surface area contributed by atoms with Crippen LogP contribution in [0.15, 0.2) is 60.7 Å². The van der Waals surface area contributed by atoms with E-state index in [-0.39, 0.29) is 35.1 Å². The van der Waals surface area contributed by atoms with Crippen LogP contribution in [0.3, 0.4) is 0 Å². The molecule has 1 N–H and O–H groups in total. The Balaban J connectivity index is 1.84. The Bertz CT molecular complexity index is 1230. The number of benzene rings is 2. The first kappa shape index (κ1) is 29.2. The number of rotatable bonds is 9. The number of hydrogen-bond acceptors (Lipinski definition) is 3. The highest BCUT2D eigenvalue weighted by molar-refractivity contribution is 5.94. The lowest BCUT2D eigenvalue weighted by Crippen LogP contribution is -2.38. The minimum Gasteiger partial charge on any atom is -0.329 e. The minimum absolute atomic E-state index is 0.0108. The van der Waals surface area contributed by atoms with Crippen LogP contribution < -0.4 is 5.32 Å². The zero-order valence-electron chi connectivity index (χ0n) is 24.3. The summed E-state index contributed by atoms with van der Waals surface area (Å²) in [6, 6.07) is 19.8. The summed E-state index contributed by atoms with van der Waals surface area (Å²) >= 11 is 0. The van der Waals surface area contributed by atoms with Gasteiger partial charge in [0.1, 0.15) is 12.4 Å². The van der Waals surface area contributed by atoms with Crippen molar-refractivity contribution in [3.05, 3.63) is 77.5 Å². The maximum atomic E-state index is 13.4. The van der Waals surface area contributed by atoms with Gasteiger partial charge in [0, 0.05) is 24.4 Å². The van der Waals surface area contributed by atoms with Crippen LogP contribution in [0.1, 0.15) is 78.1 Å². The Morgan fingerprint density at radius 1 is 0.974 bits per heavy atom. The van der Waals surface area contributed by atoms with Gasteiger partial charge in [0.15, 0.2) is 0 Å². The maximum absolute atomic E-state index is 13.4. The van der Waals surface area contributed by atoms with E-state index in [2.05, 4.69) is 53.8 Å². The fourth-order valence-electron chi connectivity index (χ4n) is 4.73. The molecule has 0 radical (unpaired) electrons. The van der Waals surface area contributed by atoms with E-state index >= 15 is 0 Å². The molecule has 0 aliphatic rings. The highest BCUT2D eigenvalue weighted by atomic mass is 16.2. The van der Waals surface area contributed by atoms with Crippen LogP contribution in [0.4, 0.5) is 5.82 Å². The fourth-order valence-corrected chi connectivity index (χ4v) is 4.73. The van der Waals surface area contributed by atoms with Gasteiger partial charge in [0.05, 0.1) is 11.4 Å². The van der Waals surface area contributed by atoms with Gasteiger partial charge in [-0.2, -0.15) is 5.10 Å². The second-order valence-corrected chi connectivity index (χ2v) is 12.8. The van der Waals surface area contributed by atoms with E-state index in [0.29, 0.717) is 18.8 Å². The van der Waals surface area contributed by atoms with Crippen LogP contribution in [-0.4, -0.2) is 33.0 Å². The van der Waals surface area contributed by atoms with Gasteiger partial charge in [-0.1, -0.05) is 90.9 Å². The van der Waals surface area contributed by atoms with Gasteiger partial charge in [-0.15, -0.1) is 0 Å². The Labute approximate surface area is 228 Å². The summed E-state index contributed by atoms with van der Waals surface area (Å²) in [5.41, 5.74) is 3.81. The number of nitrogens with zero attached hydrogens (tertiary/aromatic N) is 3. The normalized spacial score (nSPS) is 12.7. The molecule has 1 heterocycles. The molecule has 1 aromatic heterocycles. The first-order chi connectivity index (χ1) is 17.7. The van der Waals surface area contributed by atoms with Crippen molar-refractivity contribution in [1.82, 2.24) is 14.7 Å². The Kier molecular flexibility index (Phi) is 9.18. The molecule has 2 amide bonds. The number of amides is 2. The van der Waals surface area contributed by atoms with Crippen molar-refractivity contribution >= 4 is 17.6 Å². The smallest absolute Gasteiger partial charge is 0.245 e. The van der Waals surface area contributed by atoms with Crippen molar-refractivity contribution in [3.8, 4) is 5.69 Å². The molecule has 0 fully saturated rings. The molecule has 6 heteroatoms. The molecule has 3 rings (SSSR count). The number of hydrogen-bond donors (Lipinski definition) is 1. The predicted octanol–water partition coefficient (Wildman–Crippen LogP) is 6.91. The van der Waals surface area contributed by atoms with E-state index < -0.39 is 0 Å². The highest BCUT2D eigenvalue weighted by Gasteiger charge is 2.25. The summed E-state index contributed by atoms with van der Waals surface area (Å²) in [5, 5.41) is 7.87. The van der Waals surface area contributed by atoms with Crippen LogP contribution in [0.5, 0.6) is 0 Å². The molecule has 6 nitrogen and oxygen atoms in total. The molecule has 2 aromatic carbocycles. The second-order valence-electron chi connectivity index (χ2n) is 12.8. The van der Waals surface area contributed by atoms with Crippen molar-refractivity contribution in [2.24, 2.45) is 11.3 Å². The van der Waals surface area contributed by atoms with Gasteiger partial charge in [-0.25, -0.2) is 4.68 Å². The van der Waals surface area contributed by atoms with E-state index in [0.717, 1.165) is 28.9 Å². The number of nitrogens with one attached hydrogen (secondary N) is 1. The van der Waals surface area contributed by atoms with Crippen molar-refractivity contribution in [3.63, 3.8) is 0 Å². The molecule has 1 unspecified atom stereocenters. The van der Waals surface area contributed by atoms with Crippen molar-refractivity contribution in [2.75, 3.05) is 11.9 Å². The van der Waals surface area contributed by atoms with Gasteiger partial charge in [-0.3, -0.25) is 9.59 Å². The summed E-state index contributed by atoms with van der Waals surface area (Å²) in [6.07, 6.45) is 1.35. The number of aromatic nitrogens is 2. The zero-order chi connectivity index (χ0) is 28.1. The lowest BCUT2D eigenvalue weighted by Gasteiger charge is -2.27. The molecule has 3 aromatic rings. The number of anilines is 1. The molecular weight excluding hydrogens is 472 g/mol. The van der Waals surface area contributed by atoms with E-state index in [4.69, 9.17) is 5.10 Å². The lowest BCUT2D eigenvalue weighted by molar-refractivity contribution is -0.136. The van der Waals surface area contributed by atoms with Crippen molar-refractivity contribution in [1.29, 1.82) is 0 Å². The molecule has 0 saturated heterocycles. The van der Waals surface area contributed by atoms with E-state index in [9.17, 15) is 9.59 Å². The van der Waals surface area contributed by atoms with E-state index in [1.54, 1.807) is 9.58 Å². The minimum atomic E-state index is -0.244. The maximum Gasteiger partial charge on any atom is 0.245 e. The Hall–Kier alpha value is -3.41. The summed E-state index contributed by atoms with van der Waals surface area (Å²) in [4.78, 5) is 28.5. The molecule has 38 heavy (non-hydrogen) atoms. The van der Waals surface area contributed by atoms with Gasteiger partial charge in [0.25, 0.3) is 0 Å². The number of carbonyl (C=O) groups excluding carboxylic acids is 2. The van der Waals surface area contributed by atoms with Crippen molar-refractivity contribution in [2.45, 2.75) is 80.2 Å². The first-order valence-electron chi connectivity index (χ1n) is 13.5. The van der Waals surface area contributed by atoms with E-state index in [1.165, 1.54) is 0 Å². The number of carbonyl (C=O) groups is 2. The molecule has 0 bridgehead atoms. The topological polar surface area (TPSA) is 67.2 Å². The van der Waals surface area contributed by atoms with Crippen LogP contribution in [0, 0.1) is 18.3 Å². The SMILES string of the molecule is Cc1cccc(-n2nc(C(C)(C)C)cc2NC(=O)CN(Cc2ccccc2)C(=O)CC(C)CC(C)(C)C)c1. The monoisotopic (exact) mass is 516 g/mol. The average molecular weight is 517 g/mol. The largest absolute Gasteiger partial charge is 0.329 e. The van der Waals surface area contributed by atoms with Crippen LogP contribution in [0.2, 0.25) is 0 Å². The Morgan fingerprint density at radius 2 is 1.66 bits per heavy atom. The molecular formula is C32H44N4O2. The second kappa shape index (κ2) is 12.0. The van der Waals surface area contributed by atoms with Gasteiger partial charge < -0.3 is 10.2 Å². The average Bonchev–Trinajstić information content (AvgIpc) is 3.22. The summed E-state index contributed by atoms with van der Waals surface area (Å²) < 4.78 is 1.78. The van der Waals surface area contributed by atoms with Crippen LogP contribution >= 0.6 is 0 Å². The van der Waals surface area contributed by atoms with Crippen LogP contribution in [-0.2, 0) is 21.5 Å². The molecule has 0 saturated carbocycles. The molecule has 1 atom stereocenters. The molecule has 0 aliphatic heterocycles. The quantitative estimate of drug-likeness (QED) is 0.336. The number of aryl methyl sites for hydroxylation is 1. The lowest BCUT2D eigenvalue weighted by atomic mass is 9.84. The predicted molar refractivity (Wildman–Crippen MR) is 155 cm³/mol. The third kappa shape index (κ3) is 8.57. The fraction of sp³-hybridized carbons (Fsp3) is 0.469. The summed E-state index contributed by atoms with van der Waals surface area (Å²) in [5.74, 6) is 0.565. The van der Waals surface area contributed by atoms with Gasteiger partial charge in [-0.05, 0) is 47.9 Å². The standard InChI is InChI=1S/C32H44N4O2/c1-23-13-12-16-26(17-23)36-28(19-27(34-36)32(6,7)8)33-29(37)22-35(21-25-14-10-9-11-15-25)30(38)18-24(2)20-31(3,4)5/h9-17,19,24H,18,20-22H2,1-8H3,(H,33,37). The summed E-state index contributed by atoms with van der Waals surface area (Å²) in [7, 11) is 0. The molecule has 0 aliphatic carbocycles. The Morgan fingerprint density at radius 3 is 2.26 bits per heavy atom. The zero-order valence-corrected chi connectivity index (χ0v) is 24.3. The molecule has 204 valence electrons. The summed E-state index contributed by atoms with van der Waals surface area (Å²) in [6.45, 7) is 17.4. The first-order valence-corrected chi connectivity index (χ1v) is 13.5.